The maximum absolute atomic E-state index is 11.9. The molecule has 5 heteroatoms. The fraction of sp³-hybridized carbons (Fsp3) is 0.500. The average Bonchev–Trinajstić information content (AvgIpc) is 3.02. The van der Waals surface area contributed by atoms with Crippen molar-refractivity contribution in [2.45, 2.75) is 30.9 Å². The number of nitrogens with one attached hydrogen (secondary N) is 1. The Hall–Kier alpha value is -1.49. The molecule has 21 heavy (non-hydrogen) atoms. The number of hydrogen-bond acceptors (Lipinski definition) is 3. The van der Waals surface area contributed by atoms with Crippen molar-refractivity contribution in [3.05, 3.63) is 35.9 Å². The zero-order valence-electron chi connectivity index (χ0n) is 12.1. The number of carbonyl (C=O) groups is 2. The molecule has 2 rings (SSSR count). The van der Waals surface area contributed by atoms with E-state index in [1.807, 2.05) is 35.2 Å². The summed E-state index contributed by atoms with van der Waals surface area (Å²) in [5.74, 6) is 0.0166. The second-order valence-corrected chi connectivity index (χ2v) is 5.96. The highest BCUT2D eigenvalue weighted by Crippen LogP contribution is 2.09. The number of amides is 2. The van der Waals surface area contributed by atoms with Crippen LogP contribution in [0, 0.1) is 0 Å². The maximum Gasteiger partial charge on any atom is 0.233 e. The molecule has 0 radical (unpaired) electrons. The average molecular weight is 306 g/mol. The summed E-state index contributed by atoms with van der Waals surface area (Å²) in [6, 6.07) is 9.80. The van der Waals surface area contributed by atoms with Crippen LogP contribution in [0.15, 0.2) is 30.3 Å². The molecule has 0 aromatic heterocycles. The molecule has 1 fully saturated rings. The summed E-state index contributed by atoms with van der Waals surface area (Å²) < 4.78 is 0. The Morgan fingerprint density at radius 1 is 1.19 bits per heavy atom. The minimum Gasteiger partial charge on any atom is -0.355 e. The normalized spacial score (nSPS) is 15.8. The molecule has 1 aliphatic rings. The van der Waals surface area contributed by atoms with Crippen molar-refractivity contribution < 1.29 is 9.59 Å². The molecule has 1 atom stereocenters. The molecule has 2 amide bonds. The zero-order chi connectivity index (χ0) is 15.1. The van der Waals surface area contributed by atoms with Gasteiger partial charge in [0.1, 0.15) is 0 Å². The van der Waals surface area contributed by atoms with E-state index < -0.39 is 0 Å². The molecule has 1 aromatic rings. The molecule has 0 bridgehead atoms. The Balaban J connectivity index is 1.67. The largest absolute Gasteiger partial charge is 0.355 e. The smallest absolute Gasteiger partial charge is 0.233 e. The molecule has 1 aliphatic heterocycles. The van der Waals surface area contributed by atoms with Gasteiger partial charge < -0.3 is 10.2 Å². The molecule has 1 heterocycles. The first-order chi connectivity index (χ1) is 10.2. The van der Waals surface area contributed by atoms with Gasteiger partial charge in [-0.25, -0.2) is 0 Å². The minimum absolute atomic E-state index is 0.114. The van der Waals surface area contributed by atoms with Gasteiger partial charge in [-0.15, -0.1) is 0 Å². The fourth-order valence-corrected chi connectivity index (χ4v) is 2.77. The Morgan fingerprint density at radius 3 is 2.52 bits per heavy atom. The molecule has 1 saturated heterocycles. The van der Waals surface area contributed by atoms with Gasteiger partial charge in [0.25, 0.3) is 0 Å². The highest BCUT2D eigenvalue weighted by atomic mass is 32.1. The number of benzene rings is 1. The van der Waals surface area contributed by atoms with Crippen molar-refractivity contribution >= 4 is 24.4 Å². The van der Waals surface area contributed by atoms with Crippen LogP contribution in [0.2, 0.25) is 0 Å². The van der Waals surface area contributed by atoms with Gasteiger partial charge in [-0.05, 0) is 24.8 Å². The molecule has 0 saturated carbocycles. The second-order valence-electron chi connectivity index (χ2n) is 5.33. The van der Waals surface area contributed by atoms with Gasteiger partial charge in [0.05, 0.1) is 5.25 Å². The highest BCUT2D eigenvalue weighted by Gasteiger charge is 2.18. The number of hydrogen-bond donors (Lipinski definition) is 2. The predicted molar refractivity (Wildman–Crippen MR) is 86.4 cm³/mol. The van der Waals surface area contributed by atoms with Crippen LogP contribution in [0.4, 0.5) is 0 Å². The van der Waals surface area contributed by atoms with E-state index in [9.17, 15) is 9.59 Å². The van der Waals surface area contributed by atoms with Crippen molar-refractivity contribution in [2.24, 2.45) is 0 Å². The first-order valence-corrected chi connectivity index (χ1v) is 7.96. The zero-order valence-corrected chi connectivity index (χ0v) is 13.0. The minimum atomic E-state index is -0.380. The van der Waals surface area contributed by atoms with E-state index in [0.29, 0.717) is 19.4 Å². The van der Waals surface area contributed by atoms with E-state index in [1.54, 1.807) is 0 Å². The SMILES string of the molecule is O=C(NCCC(=O)N1CCCC1)C(S)Cc1ccccc1. The highest BCUT2D eigenvalue weighted by molar-refractivity contribution is 7.81. The lowest BCUT2D eigenvalue weighted by molar-refractivity contribution is -0.130. The van der Waals surface area contributed by atoms with Crippen molar-refractivity contribution in [1.82, 2.24) is 10.2 Å². The molecule has 114 valence electrons. The molecule has 0 spiro atoms. The van der Waals surface area contributed by atoms with Crippen LogP contribution in [0.25, 0.3) is 0 Å². The van der Waals surface area contributed by atoms with Gasteiger partial charge in [-0.3, -0.25) is 9.59 Å². The number of carbonyl (C=O) groups excluding carboxylic acids is 2. The lowest BCUT2D eigenvalue weighted by atomic mass is 10.1. The molecule has 1 unspecified atom stereocenters. The third kappa shape index (κ3) is 5.08. The monoisotopic (exact) mass is 306 g/mol. The Kier molecular flexibility index (Phi) is 6.11. The van der Waals surface area contributed by atoms with Gasteiger partial charge in [-0.1, -0.05) is 30.3 Å². The lowest BCUT2D eigenvalue weighted by Gasteiger charge is -2.16. The van der Waals surface area contributed by atoms with E-state index in [4.69, 9.17) is 0 Å². The van der Waals surface area contributed by atoms with E-state index in [1.165, 1.54) is 0 Å². The van der Waals surface area contributed by atoms with Crippen LogP contribution in [0.3, 0.4) is 0 Å². The Labute approximate surface area is 131 Å². The standard InChI is InChI=1S/C16H22N2O2S/c19-15(18-10-4-5-11-18)8-9-17-16(20)14(21)12-13-6-2-1-3-7-13/h1-3,6-7,14,21H,4-5,8-12H2,(H,17,20). The third-order valence-electron chi connectivity index (χ3n) is 3.67. The van der Waals surface area contributed by atoms with Gasteiger partial charge >= 0.3 is 0 Å². The number of nitrogens with zero attached hydrogens (tertiary/aromatic N) is 1. The first kappa shape index (κ1) is 15.9. The van der Waals surface area contributed by atoms with Crippen LogP contribution in [0.1, 0.15) is 24.8 Å². The fourth-order valence-electron chi connectivity index (χ4n) is 2.47. The van der Waals surface area contributed by atoms with Gasteiger partial charge in [0, 0.05) is 26.1 Å². The van der Waals surface area contributed by atoms with Crippen LogP contribution >= 0.6 is 12.6 Å². The van der Waals surface area contributed by atoms with Crippen LogP contribution in [-0.2, 0) is 16.0 Å². The summed E-state index contributed by atoms with van der Waals surface area (Å²) in [5, 5.41) is 2.41. The van der Waals surface area contributed by atoms with E-state index in [0.717, 1.165) is 31.5 Å². The maximum atomic E-state index is 11.9. The summed E-state index contributed by atoms with van der Waals surface area (Å²) in [6.07, 6.45) is 3.15. The summed E-state index contributed by atoms with van der Waals surface area (Å²) in [7, 11) is 0. The quantitative estimate of drug-likeness (QED) is 0.785. The molecular weight excluding hydrogens is 284 g/mol. The Morgan fingerprint density at radius 2 is 1.86 bits per heavy atom. The lowest BCUT2D eigenvalue weighted by Crippen LogP contribution is -2.36. The number of rotatable bonds is 6. The summed E-state index contributed by atoms with van der Waals surface area (Å²) >= 11 is 4.34. The van der Waals surface area contributed by atoms with Gasteiger partial charge in [-0.2, -0.15) is 12.6 Å². The van der Waals surface area contributed by atoms with Crippen LogP contribution < -0.4 is 5.32 Å². The van der Waals surface area contributed by atoms with Crippen molar-refractivity contribution in [3.8, 4) is 0 Å². The molecule has 1 N–H and O–H groups in total. The number of thiol groups is 1. The van der Waals surface area contributed by atoms with Gasteiger partial charge in [0.15, 0.2) is 0 Å². The van der Waals surface area contributed by atoms with Gasteiger partial charge in [0.2, 0.25) is 11.8 Å². The van der Waals surface area contributed by atoms with E-state index in [-0.39, 0.29) is 17.1 Å². The predicted octanol–water partition coefficient (Wildman–Crippen LogP) is 1.66. The van der Waals surface area contributed by atoms with E-state index >= 15 is 0 Å². The topological polar surface area (TPSA) is 49.4 Å². The molecular formula is C16H22N2O2S. The molecule has 4 nitrogen and oxygen atoms in total. The molecule has 0 aliphatic carbocycles. The second kappa shape index (κ2) is 8.08. The third-order valence-corrected chi connectivity index (χ3v) is 4.09. The van der Waals surface area contributed by atoms with Crippen molar-refractivity contribution in [1.29, 1.82) is 0 Å². The summed E-state index contributed by atoms with van der Waals surface area (Å²) in [4.78, 5) is 25.7. The summed E-state index contributed by atoms with van der Waals surface area (Å²) in [6.45, 7) is 2.10. The van der Waals surface area contributed by atoms with Crippen LogP contribution in [0.5, 0.6) is 0 Å². The Bertz CT molecular complexity index is 472. The van der Waals surface area contributed by atoms with Crippen molar-refractivity contribution in [3.63, 3.8) is 0 Å². The van der Waals surface area contributed by atoms with E-state index in [2.05, 4.69) is 17.9 Å². The van der Waals surface area contributed by atoms with Crippen molar-refractivity contribution in [2.75, 3.05) is 19.6 Å². The van der Waals surface area contributed by atoms with Crippen LogP contribution in [-0.4, -0.2) is 41.6 Å². The number of likely N-dealkylation sites (tertiary alicyclic amines) is 1. The summed E-state index contributed by atoms with van der Waals surface area (Å²) in [5.41, 5.74) is 1.08. The molecule has 1 aromatic carbocycles. The first-order valence-electron chi connectivity index (χ1n) is 7.44.